The van der Waals surface area contributed by atoms with E-state index in [-0.39, 0.29) is 22.9 Å². The predicted octanol–water partition coefficient (Wildman–Crippen LogP) is 7.39. The van der Waals surface area contributed by atoms with Crippen LogP contribution in [0.3, 0.4) is 0 Å². The molecule has 2 aromatic carbocycles. The molecule has 0 saturated carbocycles. The average molecular weight is 425 g/mol. The van der Waals surface area contributed by atoms with Gasteiger partial charge in [0.15, 0.2) is 0 Å². The molecule has 0 saturated heterocycles. The smallest absolute Gasteiger partial charge is 0.391 e. The zero-order valence-electron chi connectivity index (χ0n) is 13.7. The Morgan fingerprint density at radius 1 is 1.04 bits per heavy atom. The molecule has 0 aliphatic carbocycles. The molecule has 0 amide bonds. The molecule has 0 unspecified atom stereocenters. The van der Waals surface area contributed by atoms with Crippen LogP contribution in [0.4, 0.5) is 13.2 Å². The minimum atomic E-state index is -4.52. The maximum atomic E-state index is 13.3. The van der Waals surface area contributed by atoms with E-state index in [1.165, 1.54) is 12.1 Å². The van der Waals surface area contributed by atoms with Crippen LogP contribution in [0.2, 0.25) is 15.1 Å². The molecule has 2 aromatic rings. The first-order valence-electron chi connectivity index (χ1n) is 7.72. The largest absolute Gasteiger partial charge is 0.417 e. The first-order chi connectivity index (χ1) is 12.2. The van der Waals surface area contributed by atoms with Gasteiger partial charge in [-0.3, -0.25) is 0 Å². The maximum absolute atomic E-state index is 13.3. The number of alkyl halides is 3. The number of oxime groups is 1. The summed E-state index contributed by atoms with van der Waals surface area (Å²) >= 11 is 17.8. The van der Waals surface area contributed by atoms with E-state index in [2.05, 4.69) is 5.16 Å². The summed E-state index contributed by atoms with van der Waals surface area (Å²) < 4.78 is 39.9. The van der Waals surface area contributed by atoms with Crippen molar-refractivity contribution < 1.29 is 18.0 Å². The van der Waals surface area contributed by atoms with Gasteiger partial charge in [0.05, 0.1) is 11.3 Å². The van der Waals surface area contributed by atoms with Gasteiger partial charge in [0.2, 0.25) is 0 Å². The Labute approximate surface area is 164 Å². The van der Waals surface area contributed by atoms with Crippen molar-refractivity contribution in [3.63, 3.8) is 0 Å². The van der Waals surface area contributed by atoms with Crippen LogP contribution in [-0.4, -0.2) is 5.71 Å². The van der Waals surface area contributed by atoms with Gasteiger partial charge in [0.1, 0.15) is 6.61 Å². The van der Waals surface area contributed by atoms with Gasteiger partial charge in [0, 0.05) is 26.2 Å². The lowest BCUT2D eigenvalue weighted by molar-refractivity contribution is -0.137. The molecule has 0 spiro atoms. The molecule has 0 aliphatic rings. The van der Waals surface area contributed by atoms with Crippen molar-refractivity contribution in [3.8, 4) is 0 Å². The number of hydrogen-bond acceptors (Lipinski definition) is 2. The fraction of sp³-hybridized carbons (Fsp3) is 0.278. The molecular formula is C18H15Cl3F3NO. The highest BCUT2D eigenvalue weighted by molar-refractivity contribution is 6.35. The van der Waals surface area contributed by atoms with Gasteiger partial charge in [-0.15, -0.1) is 0 Å². The van der Waals surface area contributed by atoms with Crippen LogP contribution in [-0.2, 0) is 17.6 Å². The van der Waals surface area contributed by atoms with E-state index in [0.29, 0.717) is 28.5 Å². The molecule has 2 nitrogen and oxygen atoms in total. The van der Waals surface area contributed by atoms with Gasteiger partial charge in [-0.25, -0.2) is 0 Å². The van der Waals surface area contributed by atoms with Crippen LogP contribution >= 0.6 is 34.8 Å². The average Bonchev–Trinajstić information content (AvgIpc) is 2.54. The number of benzene rings is 2. The quantitative estimate of drug-likeness (QED) is 0.350. The predicted molar refractivity (Wildman–Crippen MR) is 99.2 cm³/mol. The molecule has 0 aromatic heterocycles. The fourth-order valence-electron chi connectivity index (χ4n) is 2.29. The molecule has 0 bridgehead atoms. The van der Waals surface area contributed by atoms with E-state index < -0.39 is 11.7 Å². The number of hydrogen-bond donors (Lipinski definition) is 0. The van der Waals surface area contributed by atoms with Gasteiger partial charge in [-0.05, 0) is 36.8 Å². The zero-order chi connectivity index (χ0) is 19.3. The SMILES string of the molecule is CCC/C(=N\OCc1ccc(Cl)cc1Cl)c1cc(Cl)ccc1C(F)(F)F. The van der Waals surface area contributed by atoms with Gasteiger partial charge in [-0.1, -0.05) is 59.4 Å². The van der Waals surface area contributed by atoms with Crippen molar-refractivity contribution in [1.29, 1.82) is 0 Å². The van der Waals surface area contributed by atoms with Gasteiger partial charge in [-0.2, -0.15) is 13.2 Å². The summed E-state index contributed by atoms with van der Waals surface area (Å²) in [4.78, 5) is 5.27. The molecule has 2 rings (SSSR count). The second-order valence-electron chi connectivity index (χ2n) is 5.48. The lowest BCUT2D eigenvalue weighted by Gasteiger charge is -2.15. The van der Waals surface area contributed by atoms with Crippen LogP contribution < -0.4 is 0 Å². The summed E-state index contributed by atoms with van der Waals surface area (Å²) in [6, 6.07) is 8.25. The van der Waals surface area contributed by atoms with Gasteiger partial charge < -0.3 is 4.84 Å². The van der Waals surface area contributed by atoms with Crippen LogP contribution in [0, 0.1) is 0 Å². The van der Waals surface area contributed by atoms with Crippen molar-refractivity contribution in [3.05, 3.63) is 68.2 Å². The Kier molecular flexibility index (Phi) is 7.21. The van der Waals surface area contributed by atoms with Crippen molar-refractivity contribution in [2.75, 3.05) is 0 Å². The van der Waals surface area contributed by atoms with E-state index >= 15 is 0 Å². The molecule has 0 fully saturated rings. The number of rotatable bonds is 6. The molecule has 0 radical (unpaired) electrons. The Bertz CT molecular complexity index is 807. The van der Waals surface area contributed by atoms with E-state index in [0.717, 1.165) is 6.07 Å². The Balaban J connectivity index is 2.31. The third-order valence-electron chi connectivity index (χ3n) is 3.49. The van der Waals surface area contributed by atoms with Gasteiger partial charge >= 0.3 is 6.18 Å². The number of halogens is 6. The Hall–Kier alpha value is -1.43. The molecule has 140 valence electrons. The van der Waals surface area contributed by atoms with Gasteiger partial charge in [0.25, 0.3) is 0 Å². The van der Waals surface area contributed by atoms with Crippen LogP contribution in [0.1, 0.15) is 36.5 Å². The monoisotopic (exact) mass is 423 g/mol. The molecule has 0 N–H and O–H groups in total. The molecule has 8 heteroatoms. The highest BCUT2D eigenvalue weighted by Gasteiger charge is 2.34. The molecule has 0 heterocycles. The third-order valence-corrected chi connectivity index (χ3v) is 4.32. The summed E-state index contributed by atoms with van der Waals surface area (Å²) in [5, 5.41) is 4.98. The summed E-state index contributed by atoms with van der Waals surface area (Å²) in [6.07, 6.45) is -3.63. The highest BCUT2D eigenvalue weighted by atomic mass is 35.5. The number of nitrogens with zero attached hydrogens (tertiary/aromatic N) is 1. The Morgan fingerprint density at radius 2 is 1.69 bits per heavy atom. The fourth-order valence-corrected chi connectivity index (χ4v) is 2.92. The summed E-state index contributed by atoms with van der Waals surface area (Å²) in [5.41, 5.74) is -0.0958. The zero-order valence-corrected chi connectivity index (χ0v) is 16.0. The third kappa shape index (κ3) is 5.53. The molecule has 0 aliphatic heterocycles. The van der Waals surface area contributed by atoms with Crippen molar-refractivity contribution >= 4 is 40.5 Å². The molecule has 26 heavy (non-hydrogen) atoms. The lowest BCUT2D eigenvalue weighted by Crippen LogP contribution is -2.14. The maximum Gasteiger partial charge on any atom is 0.417 e. The summed E-state index contributed by atoms with van der Waals surface area (Å²) in [7, 11) is 0. The normalized spacial score (nSPS) is 12.3. The van der Waals surface area contributed by atoms with E-state index in [1.807, 2.05) is 6.92 Å². The summed E-state index contributed by atoms with van der Waals surface area (Å²) in [5.74, 6) is 0. The van der Waals surface area contributed by atoms with Crippen molar-refractivity contribution in [1.82, 2.24) is 0 Å². The summed E-state index contributed by atoms with van der Waals surface area (Å²) in [6.45, 7) is 1.84. The van der Waals surface area contributed by atoms with Crippen LogP contribution in [0.25, 0.3) is 0 Å². The van der Waals surface area contributed by atoms with Crippen LogP contribution in [0.15, 0.2) is 41.6 Å². The topological polar surface area (TPSA) is 21.6 Å². The molecular weight excluding hydrogens is 410 g/mol. The van der Waals surface area contributed by atoms with Crippen molar-refractivity contribution in [2.45, 2.75) is 32.5 Å². The molecule has 0 atom stereocenters. The second kappa shape index (κ2) is 8.98. The van der Waals surface area contributed by atoms with E-state index in [1.54, 1.807) is 18.2 Å². The first-order valence-corrected chi connectivity index (χ1v) is 8.85. The standard InChI is InChI=1S/C18H15Cl3F3NO/c1-2-3-17(14-8-12(19)6-7-15(14)18(22,23)24)25-26-10-11-4-5-13(20)9-16(11)21/h4-9H,2-3,10H2,1H3/b25-17+. The Morgan fingerprint density at radius 3 is 2.31 bits per heavy atom. The second-order valence-corrected chi connectivity index (χ2v) is 6.76. The first kappa shape index (κ1) is 20.9. The van der Waals surface area contributed by atoms with Crippen LogP contribution in [0.5, 0.6) is 0 Å². The van der Waals surface area contributed by atoms with E-state index in [4.69, 9.17) is 39.6 Å². The lowest BCUT2D eigenvalue weighted by atomic mass is 9.99. The van der Waals surface area contributed by atoms with E-state index in [9.17, 15) is 13.2 Å². The minimum absolute atomic E-state index is 0.00509. The minimum Gasteiger partial charge on any atom is -0.391 e. The van der Waals surface area contributed by atoms with Crippen molar-refractivity contribution in [2.24, 2.45) is 5.16 Å². The highest BCUT2D eigenvalue weighted by Crippen LogP contribution is 2.34.